The fraction of sp³-hybridized carbons (Fsp3) is 0.929. The van der Waals surface area contributed by atoms with Crippen molar-refractivity contribution in [3.05, 3.63) is 0 Å². The molecule has 2 aliphatic heterocycles. The highest BCUT2D eigenvalue weighted by Crippen LogP contribution is 2.23. The molecule has 2 saturated heterocycles. The van der Waals surface area contributed by atoms with Gasteiger partial charge in [0.2, 0.25) is 5.91 Å². The van der Waals surface area contributed by atoms with Crippen molar-refractivity contribution in [3.63, 3.8) is 0 Å². The molecule has 4 heteroatoms. The van der Waals surface area contributed by atoms with Gasteiger partial charge in [-0.05, 0) is 52.0 Å². The average molecular weight is 254 g/mol. The van der Waals surface area contributed by atoms with Crippen LogP contribution >= 0.6 is 0 Å². The third-order valence-electron chi connectivity index (χ3n) is 4.13. The maximum absolute atomic E-state index is 12.5. The first-order valence-electron chi connectivity index (χ1n) is 7.40. The van der Waals surface area contributed by atoms with E-state index in [2.05, 4.69) is 5.32 Å². The van der Waals surface area contributed by atoms with E-state index in [4.69, 9.17) is 0 Å². The Morgan fingerprint density at radius 3 is 2.78 bits per heavy atom. The van der Waals surface area contributed by atoms with E-state index in [0.29, 0.717) is 0 Å². The highest BCUT2D eigenvalue weighted by molar-refractivity contribution is 5.82. The summed E-state index contributed by atoms with van der Waals surface area (Å²) in [4.78, 5) is 14.6. The van der Waals surface area contributed by atoms with Crippen molar-refractivity contribution in [2.24, 2.45) is 0 Å². The Kier molecular flexibility index (Phi) is 5.01. The third kappa shape index (κ3) is 3.45. The minimum atomic E-state index is -0.317. The standard InChI is InChI=1S/C14H26N2O2/c1-11(17)10-12-6-3-5-9-16(12)14(18)13-7-2-4-8-15-13/h11-13,15,17H,2-10H2,1H3. The Labute approximate surface area is 110 Å². The fourth-order valence-electron chi connectivity index (χ4n) is 3.19. The van der Waals surface area contributed by atoms with Crippen LogP contribution in [0.1, 0.15) is 51.9 Å². The van der Waals surface area contributed by atoms with E-state index in [9.17, 15) is 9.90 Å². The topological polar surface area (TPSA) is 52.6 Å². The molecule has 2 heterocycles. The molecule has 0 aromatic carbocycles. The molecule has 18 heavy (non-hydrogen) atoms. The van der Waals surface area contributed by atoms with Gasteiger partial charge < -0.3 is 15.3 Å². The monoisotopic (exact) mass is 254 g/mol. The first kappa shape index (κ1) is 13.8. The van der Waals surface area contributed by atoms with Gasteiger partial charge in [-0.25, -0.2) is 0 Å². The Balaban J connectivity index is 1.96. The number of carbonyl (C=O) groups excluding carboxylic acids is 1. The number of aliphatic hydroxyl groups is 1. The van der Waals surface area contributed by atoms with E-state index < -0.39 is 0 Å². The summed E-state index contributed by atoms with van der Waals surface area (Å²) in [5, 5.41) is 12.9. The normalized spacial score (nSPS) is 31.1. The number of hydrogen-bond acceptors (Lipinski definition) is 3. The molecule has 0 spiro atoms. The maximum Gasteiger partial charge on any atom is 0.239 e. The van der Waals surface area contributed by atoms with Crippen LogP contribution in [0.3, 0.4) is 0 Å². The zero-order valence-corrected chi connectivity index (χ0v) is 11.4. The Morgan fingerprint density at radius 2 is 2.11 bits per heavy atom. The number of piperidine rings is 2. The second-order valence-electron chi connectivity index (χ2n) is 5.77. The molecule has 3 atom stereocenters. The minimum Gasteiger partial charge on any atom is -0.393 e. The molecule has 0 saturated carbocycles. The fourth-order valence-corrected chi connectivity index (χ4v) is 3.19. The van der Waals surface area contributed by atoms with Crippen molar-refractivity contribution >= 4 is 5.91 Å². The minimum absolute atomic E-state index is 0.0216. The average Bonchev–Trinajstić information content (AvgIpc) is 2.39. The summed E-state index contributed by atoms with van der Waals surface area (Å²) in [7, 11) is 0. The van der Waals surface area contributed by atoms with E-state index in [-0.39, 0.29) is 24.1 Å². The van der Waals surface area contributed by atoms with E-state index >= 15 is 0 Å². The Morgan fingerprint density at radius 1 is 1.33 bits per heavy atom. The van der Waals surface area contributed by atoms with Crippen molar-refractivity contribution in [1.29, 1.82) is 0 Å². The number of likely N-dealkylation sites (tertiary alicyclic amines) is 1. The van der Waals surface area contributed by atoms with Crippen LogP contribution in [0.2, 0.25) is 0 Å². The molecule has 0 bridgehead atoms. The summed E-state index contributed by atoms with van der Waals surface area (Å²) in [5.74, 6) is 0.264. The van der Waals surface area contributed by atoms with Gasteiger partial charge in [-0.15, -0.1) is 0 Å². The summed E-state index contributed by atoms with van der Waals surface area (Å²) in [6, 6.07) is 0.267. The molecule has 0 aromatic heterocycles. The third-order valence-corrected chi connectivity index (χ3v) is 4.13. The number of aliphatic hydroxyl groups excluding tert-OH is 1. The van der Waals surface area contributed by atoms with Crippen LogP contribution in [0.15, 0.2) is 0 Å². The van der Waals surface area contributed by atoms with Gasteiger partial charge >= 0.3 is 0 Å². The second kappa shape index (κ2) is 6.53. The lowest BCUT2D eigenvalue weighted by atomic mass is 9.95. The van der Waals surface area contributed by atoms with Crippen molar-refractivity contribution < 1.29 is 9.90 Å². The number of rotatable bonds is 3. The summed E-state index contributed by atoms with van der Waals surface area (Å²) in [6.07, 6.45) is 7.04. The summed E-state index contributed by atoms with van der Waals surface area (Å²) in [5.41, 5.74) is 0. The van der Waals surface area contributed by atoms with Crippen LogP contribution in [0.5, 0.6) is 0 Å². The zero-order chi connectivity index (χ0) is 13.0. The second-order valence-corrected chi connectivity index (χ2v) is 5.77. The van der Waals surface area contributed by atoms with Gasteiger partial charge in [0.15, 0.2) is 0 Å². The van der Waals surface area contributed by atoms with Crippen LogP contribution in [-0.2, 0) is 4.79 Å². The smallest absolute Gasteiger partial charge is 0.239 e. The lowest BCUT2D eigenvalue weighted by Crippen LogP contribution is -2.53. The van der Waals surface area contributed by atoms with Crippen LogP contribution in [-0.4, -0.2) is 47.2 Å². The van der Waals surface area contributed by atoms with Crippen LogP contribution in [0, 0.1) is 0 Å². The molecule has 4 nitrogen and oxygen atoms in total. The molecular weight excluding hydrogens is 228 g/mol. The van der Waals surface area contributed by atoms with Gasteiger partial charge in [0.1, 0.15) is 0 Å². The molecular formula is C14H26N2O2. The first-order valence-corrected chi connectivity index (χ1v) is 7.40. The molecule has 2 aliphatic rings. The summed E-state index contributed by atoms with van der Waals surface area (Å²) >= 11 is 0. The predicted molar refractivity (Wildman–Crippen MR) is 71.3 cm³/mol. The van der Waals surface area contributed by atoms with Crippen LogP contribution in [0.4, 0.5) is 0 Å². The van der Waals surface area contributed by atoms with E-state index in [1.165, 1.54) is 12.8 Å². The number of carbonyl (C=O) groups is 1. The van der Waals surface area contributed by atoms with Gasteiger partial charge in [-0.1, -0.05) is 6.42 Å². The number of hydrogen-bond donors (Lipinski definition) is 2. The van der Waals surface area contributed by atoms with Gasteiger partial charge in [0.25, 0.3) is 0 Å². The molecule has 104 valence electrons. The SMILES string of the molecule is CC(O)CC1CCCCN1C(=O)C1CCCCN1. The van der Waals surface area contributed by atoms with Crippen molar-refractivity contribution in [3.8, 4) is 0 Å². The predicted octanol–water partition coefficient (Wildman–Crippen LogP) is 1.28. The zero-order valence-electron chi connectivity index (χ0n) is 11.4. The highest BCUT2D eigenvalue weighted by Gasteiger charge is 2.32. The number of amides is 1. The number of nitrogens with one attached hydrogen (secondary N) is 1. The molecule has 2 fully saturated rings. The van der Waals surface area contributed by atoms with Gasteiger partial charge in [0.05, 0.1) is 12.1 Å². The molecule has 0 radical (unpaired) electrons. The Bertz CT molecular complexity index is 275. The van der Waals surface area contributed by atoms with Crippen molar-refractivity contribution in [1.82, 2.24) is 10.2 Å². The van der Waals surface area contributed by atoms with Crippen LogP contribution in [0.25, 0.3) is 0 Å². The lowest BCUT2D eigenvalue weighted by Gasteiger charge is -2.39. The molecule has 3 unspecified atom stereocenters. The molecule has 2 N–H and O–H groups in total. The molecule has 2 rings (SSSR count). The highest BCUT2D eigenvalue weighted by atomic mass is 16.3. The van der Waals surface area contributed by atoms with Gasteiger partial charge in [-0.3, -0.25) is 4.79 Å². The lowest BCUT2D eigenvalue weighted by molar-refractivity contribution is -0.138. The van der Waals surface area contributed by atoms with Gasteiger partial charge in [0, 0.05) is 12.6 Å². The summed E-state index contributed by atoms with van der Waals surface area (Å²) < 4.78 is 0. The van der Waals surface area contributed by atoms with E-state index in [1.54, 1.807) is 0 Å². The summed E-state index contributed by atoms with van der Waals surface area (Å²) in [6.45, 7) is 3.65. The number of nitrogens with zero attached hydrogens (tertiary/aromatic N) is 1. The largest absolute Gasteiger partial charge is 0.393 e. The van der Waals surface area contributed by atoms with Crippen molar-refractivity contribution in [2.75, 3.05) is 13.1 Å². The molecule has 0 aromatic rings. The maximum atomic E-state index is 12.5. The Hall–Kier alpha value is -0.610. The van der Waals surface area contributed by atoms with Crippen molar-refractivity contribution in [2.45, 2.75) is 70.1 Å². The molecule has 1 amide bonds. The molecule has 0 aliphatic carbocycles. The van der Waals surface area contributed by atoms with Gasteiger partial charge in [-0.2, -0.15) is 0 Å². The first-order chi connectivity index (χ1) is 8.68. The van der Waals surface area contributed by atoms with E-state index in [1.807, 2.05) is 11.8 Å². The van der Waals surface area contributed by atoms with Crippen LogP contribution < -0.4 is 5.32 Å². The van der Waals surface area contributed by atoms with E-state index in [0.717, 1.165) is 45.2 Å². The quantitative estimate of drug-likeness (QED) is 0.798.